The van der Waals surface area contributed by atoms with Gasteiger partial charge in [-0.25, -0.2) is 4.98 Å². The molecule has 1 aliphatic rings. The number of hydrogen-bond acceptors (Lipinski definition) is 3. The maximum absolute atomic E-state index is 5.84. The first-order valence-corrected chi connectivity index (χ1v) is 5.70. The largest absolute Gasteiger partial charge is 0.323 e. The maximum atomic E-state index is 5.84. The van der Waals surface area contributed by atoms with Crippen molar-refractivity contribution in [2.45, 2.75) is 39.2 Å². The van der Waals surface area contributed by atoms with Crippen LogP contribution in [0.15, 0.2) is 0 Å². The minimum atomic E-state index is 0.144. The van der Waals surface area contributed by atoms with E-state index in [9.17, 15) is 0 Å². The van der Waals surface area contributed by atoms with E-state index < -0.39 is 0 Å². The molecule has 1 aliphatic carbocycles. The summed E-state index contributed by atoms with van der Waals surface area (Å²) in [7, 11) is 0. The van der Waals surface area contributed by atoms with Crippen LogP contribution in [0.4, 0.5) is 0 Å². The lowest BCUT2D eigenvalue weighted by Gasteiger charge is -1.99. The fourth-order valence-electron chi connectivity index (χ4n) is 1.54. The molecule has 1 fully saturated rings. The van der Waals surface area contributed by atoms with Crippen molar-refractivity contribution in [3.8, 4) is 0 Å². The summed E-state index contributed by atoms with van der Waals surface area (Å²) < 4.78 is 0. The van der Waals surface area contributed by atoms with Gasteiger partial charge in [-0.2, -0.15) is 0 Å². The fourth-order valence-corrected chi connectivity index (χ4v) is 2.68. The van der Waals surface area contributed by atoms with E-state index >= 15 is 0 Å². The lowest BCUT2D eigenvalue weighted by atomic mass is 10.2. The van der Waals surface area contributed by atoms with E-state index in [1.54, 1.807) is 11.3 Å². The molecule has 2 N–H and O–H groups in total. The standard InChI is InChI=1S/C10H16N2S/c1-6(11)10-7(2)12-9(13-10)5-8-3-4-8/h6,8H,3-5,11H2,1-2H3. The second-order valence-electron chi connectivity index (χ2n) is 3.99. The Labute approximate surface area is 83.2 Å². The van der Waals surface area contributed by atoms with Crippen molar-refractivity contribution in [1.82, 2.24) is 4.98 Å². The fraction of sp³-hybridized carbons (Fsp3) is 0.700. The van der Waals surface area contributed by atoms with E-state index in [4.69, 9.17) is 5.73 Å². The maximum Gasteiger partial charge on any atom is 0.0934 e. The van der Waals surface area contributed by atoms with Gasteiger partial charge in [0.2, 0.25) is 0 Å². The molecule has 0 bridgehead atoms. The average Bonchev–Trinajstić information content (AvgIpc) is 2.75. The van der Waals surface area contributed by atoms with E-state index in [1.165, 1.54) is 29.1 Å². The van der Waals surface area contributed by atoms with Crippen molar-refractivity contribution >= 4 is 11.3 Å². The Bertz CT molecular complexity index is 300. The lowest BCUT2D eigenvalue weighted by molar-refractivity contribution is 0.811. The van der Waals surface area contributed by atoms with E-state index in [0.29, 0.717) is 0 Å². The van der Waals surface area contributed by atoms with Crippen LogP contribution >= 0.6 is 11.3 Å². The first-order valence-electron chi connectivity index (χ1n) is 4.88. The van der Waals surface area contributed by atoms with Crippen molar-refractivity contribution in [2.24, 2.45) is 11.7 Å². The van der Waals surface area contributed by atoms with Crippen LogP contribution in [0.3, 0.4) is 0 Å². The zero-order valence-corrected chi connectivity index (χ0v) is 9.03. The topological polar surface area (TPSA) is 38.9 Å². The molecule has 0 aliphatic heterocycles. The third-order valence-corrected chi connectivity index (χ3v) is 3.83. The Hall–Kier alpha value is -0.410. The highest BCUT2D eigenvalue weighted by molar-refractivity contribution is 7.11. The molecule has 0 radical (unpaired) electrons. The van der Waals surface area contributed by atoms with Gasteiger partial charge in [0.15, 0.2) is 0 Å². The summed E-state index contributed by atoms with van der Waals surface area (Å²) in [6.07, 6.45) is 3.97. The Morgan fingerprint density at radius 3 is 2.77 bits per heavy atom. The Kier molecular flexibility index (Phi) is 2.39. The number of aromatic nitrogens is 1. The summed E-state index contributed by atoms with van der Waals surface area (Å²) >= 11 is 1.80. The van der Waals surface area contributed by atoms with E-state index in [-0.39, 0.29) is 6.04 Å². The van der Waals surface area contributed by atoms with Crippen LogP contribution in [0.1, 0.15) is 41.4 Å². The number of nitrogens with two attached hydrogens (primary N) is 1. The van der Waals surface area contributed by atoms with Crippen molar-refractivity contribution < 1.29 is 0 Å². The normalized spacial score (nSPS) is 19.0. The minimum absolute atomic E-state index is 0.144. The zero-order valence-electron chi connectivity index (χ0n) is 8.21. The average molecular weight is 196 g/mol. The minimum Gasteiger partial charge on any atom is -0.323 e. The molecule has 1 aromatic heterocycles. The second kappa shape index (κ2) is 3.39. The summed E-state index contributed by atoms with van der Waals surface area (Å²) in [6.45, 7) is 4.09. The third kappa shape index (κ3) is 2.09. The van der Waals surface area contributed by atoms with Gasteiger partial charge in [0.25, 0.3) is 0 Å². The molecular weight excluding hydrogens is 180 g/mol. The second-order valence-corrected chi connectivity index (χ2v) is 5.11. The van der Waals surface area contributed by atoms with Gasteiger partial charge in [0.05, 0.1) is 10.7 Å². The molecule has 1 atom stereocenters. The molecule has 1 unspecified atom stereocenters. The van der Waals surface area contributed by atoms with Crippen molar-refractivity contribution in [2.75, 3.05) is 0 Å². The van der Waals surface area contributed by atoms with Crippen molar-refractivity contribution in [3.63, 3.8) is 0 Å². The van der Waals surface area contributed by atoms with Crippen LogP contribution in [-0.2, 0) is 6.42 Å². The first kappa shape index (κ1) is 9.16. The molecule has 3 heteroatoms. The molecule has 72 valence electrons. The Morgan fingerprint density at radius 1 is 1.62 bits per heavy atom. The molecule has 0 spiro atoms. The molecule has 0 amide bonds. The predicted molar refractivity (Wildman–Crippen MR) is 55.9 cm³/mol. The molecule has 1 saturated carbocycles. The van der Waals surface area contributed by atoms with Crippen LogP contribution in [0.5, 0.6) is 0 Å². The molecule has 1 aromatic rings. The predicted octanol–water partition coefficient (Wildman–Crippen LogP) is 2.42. The van der Waals surface area contributed by atoms with Crippen LogP contribution in [0.2, 0.25) is 0 Å². The van der Waals surface area contributed by atoms with E-state index in [0.717, 1.165) is 11.6 Å². The summed E-state index contributed by atoms with van der Waals surface area (Å²) in [4.78, 5) is 5.81. The van der Waals surface area contributed by atoms with Gasteiger partial charge in [-0.1, -0.05) is 0 Å². The quantitative estimate of drug-likeness (QED) is 0.806. The third-order valence-electron chi connectivity index (χ3n) is 2.45. The van der Waals surface area contributed by atoms with Gasteiger partial charge in [-0.3, -0.25) is 0 Å². The van der Waals surface area contributed by atoms with Crippen molar-refractivity contribution in [1.29, 1.82) is 0 Å². The number of rotatable bonds is 3. The Balaban J connectivity index is 2.13. The lowest BCUT2D eigenvalue weighted by Crippen LogP contribution is -2.03. The van der Waals surface area contributed by atoms with Crippen molar-refractivity contribution in [3.05, 3.63) is 15.6 Å². The molecule has 13 heavy (non-hydrogen) atoms. The molecule has 0 saturated heterocycles. The van der Waals surface area contributed by atoms with Crippen LogP contribution in [0, 0.1) is 12.8 Å². The van der Waals surface area contributed by atoms with Crippen LogP contribution in [-0.4, -0.2) is 4.98 Å². The van der Waals surface area contributed by atoms with Gasteiger partial charge >= 0.3 is 0 Å². The molecule has 2 rings (SSSR count). The number of thiazole rings is 1. The number of hydrogen-bond donors (Lipinski definition) is 1. The van der Waals surface area contributed by atoms with Gasteiger partial charge in [0, 0.05) is 17.3 Å². The Morgan fingerprint density at radius 2 is 2.31 bits per heavy atom. The van der Waals surface area contributed by atoms with E-state index in [2.05, 4.69) is 11.9 Å². The van der Waals surface area contributed by atoms with Gasteiger partial charge in [0.1, 0.15) is 0 Å². The van der Waals surface area contributed by atoms with Gasteiger partial charge in [-0.05, 0) is 32.6 Å². The molecule has 1 heterocycles. The summed E-state index contributed by atoms with van der Waals surface area (Å²) in [6, 6.07) is 0.144. The number of nitrogens with zero attached hydrogens (tertiary/aromatic N) is 1. The highest BCUT2D eigenvalue weighted by Crippen LogP contribution is 2.35. The highest BCUT2D eigenvalue weighted by Gasteiger charge is 2.23. The first-order chi connectivity index (χ1) is 6.16. The number of aryl methyl sites for hydroxylation is 1. The SMILES string of the molecule is Cc1nc(CC2CC2)sc1C(C)N. The van der Waals surface area contributed by atoms with Crippen LogP contribution in [0.25, 0.3) is 0 Å². The highest BCUT2D eigenvalue weighted by atomic mass is 32.1. The molecule has 2 nitrogen and oxygen atoms in total. The summed E-state index contributed by atoms with van der Waals surface area (Å²) in [5, 5.41) is 1.28. The molecule has 0 aromatic carbocycles. The zero-order chi connectivity index (χ0) is 9.42. The summed E-state index contributed by atoms with van der Waals surface area (Å²) in [5.41, 5.74) is 6.98. The van der Waals surface area contributed by atoms with E-state index in [1.807, 2.05) is 6.92 Å². The monoisotopic (exact) mass is 196 g/mol. The van der Waals surface area contributed by atoms with Gasteiger partial charge in [-0.15, -0.1) is 11.3 Å². The van der Waals surface area contributed by atoms with Crippen LogP contribution < -0.4 is 5.73 Å². The molecular formula is C10H16N2S. The van der Waals surface area contributed by atoms with Gasteiger partial charge < -0.3 is 5.73 Å². The smallest absolute Gasteiger partial charge is 0.0934 e. The summed E-state index contributed by atoms with van der Waals surface area (Å²) in [5.74, 6) is 0.923.